The Bertz CT molecular complexity index is 781. The minimum absolute atomic E-state index is 0.353. The molecule has 10 heteroatoms. The second-order valence-electron chi connectivity index (χ2n) is 4.54. The summed E-state index contributed by atoms with van der Waals surface area (Å²) in [7, 11) is 0. The van der Waals surface area contributed by atoms with Crippen molar-refractivity contribution in [3.63, 3.8) is 0 Å². The van der Waals surface area contributed by atoms with Gasteiger partial charge in [-0.1, -0.05) is 13.8 Å². The van der Waals surface area contributed by atoms with E-state index in [9.17, 15) is 19.2 Å². The van der Waals surface area contributed by atoms with Crippen molar-refractivity contribution in [1.29, 1.82) is 0 Å². The van der Waals surface area contributed by atoms with Gasteiger partial charge in [-0.15, -0.1) is 0 Å². The molecule has 0 aliphatic heterocycles. The van der Waals surface area contributed by atoms with Gasteiger partial charge >= 0.3 is 11.4 Å². The minimum atomic E-state index is -0.360. The van der Waals surface area contributed by atoms with Crippen LogP contribution >= 0.6 is 23.9 Å². The Morgan fingerprint density at radius 2 is 1.17 bits per heavy atom. The predicted molar refractivity (Wildman–Crippen MR) is 98.9 cm³/mol. The summed E-state index contributed by atoms with van der Waals surface area (Å²) in [6, 6.07) is 2.67. The highest BCUT2D eigenvalue weighted by Gasteiger charge is 1.95. The summed E-state index contributed by atoms with van der Waals surface area (Å²) < 4.78 is 2.84. The molecule has 132 valence electrons. The Hall–Kier alpha value is -1.94. The molecule has 0 atom stereocenters. The maximum Gasteiger partial charge on any atom is 0.338 e. The van der Waals surface area contributed by atoms with Crippen LogP contribution in [0.25, 0.3) is 0 Å². The van der Waals surface area contributed by atoms with Crippen molar-refractivity contribution in [2.24, 2.45) is 0 Å². The Morgan fingerprint density at radius 3 is 1.46 bits per heavy atom. The Balaban J connectivity index is 0.000000240. The van der Waals surface area contributed by atoms with Crippen LogP contribution in [-0.2, 0) is 0 Å². The predicted octanol–water partition coefficient (Wildman–Crippen LogP) is 0.886. The molecule has 0 saturated carbocycles. The molecule has 2 aromatic heterocycles. The molecule has 0 aromatic carbocycles. The number of hydrogen-bond acceptors (Lipinski definition) is 6. The van der Waals surface area contributed by atoms with E-state index in [0.29, 0.717) is 0 Å². The van der Waals surface area contributed by atoms with Crippen molar-refractivity contribution < 1.29 is 0 Å². The molecule has 0 fully saturated rings. The van der Waals surface area contributed by atoms with E-state index < -0.39 is 0 Å². The fourth-order valence-corrected chi connectivity index (χ4v) is 2.77. The summed E-state index contributed by atoms with van der Waals surface area (Å²) in [6.45, 7) is 4.06. The lowest BCUT2D eigenvalue weighted by Crippen LogP contribution is -2.25. The Labute approximate surface area is 146 Å². The van der Waals surface area contributed by atoms with Gasteiger partial charge < -0.3 is 0 Å². The first-order valence-corrected chi connectivity index (χ1v) is 9.27. The SMILES string of the molecule is CCCSn1ccc(=O)[nH]c1=O.CCCSn1ccc(=O)[nH]c1=O. The second kappa shape index (κ2) is 10.8. The molecule has 0 radical (unpaired) electrons. The van der Waals surface area contributed by atoms with Crippen LogP contribution in [0.5, 0.6) is 0 Å². The van der Waals surface area contributed by atoms with E-state index in [1.54, 1.807) is 0 Å². The first-order valence-electron chi connectivity index (χ1n) is 7.38. The van der Waals surface area contributed by atoms with Crippen LogP contribution in [0, 0.1) is 0 Å². The van der Waals surface area contributed by atoms with E-state index in [1.807, 2.05) is 13.8 Å². The number of H-pyrrole nitrogens is 2. The van der Waals surface area contributed by atoms with Gasteiger partial charge in [-0.05, 0) is 36.7 Å². The van der Waals surface area contributed by atoms with Gasteiger partial charge in [-0.3, -0.25) is 19.6 Å². The largest absolute Gasteiger partial charge is 0.338 e. The zero-order chi connectivity index (χ0) is 17.9. The molecule has 0 amide bonds. The van der Waals surface area contributed by atoms with Crippen molar-refractivity contribution in [2.45, 2.75) is 26.7 Å². The summed E-state index contributed by atoms with van der Waals surface area (Å²) in [4.78, 5) is 47.7. The van der Waals surface area contributed by atoms with E-state index in [1.165, 1.54) is 56.4 Å². The molecule has 0 aliphatic rings. The van der Waals surface area contributed by atoms with Crippen LogP contribution in [-0.4, -0.2) is 29.4 Å². The van der Waals surface area contributed by atoms with Gasteiger partial charge in [0.2, 0.25) is 0 Å². The zero-order valence-corrected chi connectivity index (χ0v) is 15.1. The number of nitrogens with one attached hydrogen (secondary N) is 2. The molecular weight excluding hydrogens is 352 g/mol. The van der Waals surface area contributed by atoms with Crippen molar-refractivity contribution >= 4 is 23.9 Å². The number of aromatic amines is 2. The van der Waals surface area contributed by atoms with Crippen LogP contribution in [0.15, 0.2) is 43.7 Å². The molecule has 2 N–H and O–H groups in total. The highest BCUT2D eigenvalue weighted by Crippen LogP contribution is 2.01. The molecule has 2 heterocycles. The molecule has 2 aromatic rings. The lowest BCUT2D eigenvalue weighted by atomic mass is 10.6. The maximum atomic E-state index is 11.0. The van der Waals surface area contributed by atoms with Crippen LogP contribution in [0.4, 0.5) is 0 Å². The smallest absolute Gasteiger partial charge is 0.273 e. The third-order valence-corrected chi connectivity index (χ3v) is 4.77. The lowest BCUT2D eigenvalue weighted by molar-refractivity contribution is 0.980. The monoisotopic (exact) mass is 372 g/mol. The van der Waals surface area contributed by atoms with E-state index >= 15 is 0 Å². The molecule has 0 spiro atoms. The normalized spacial score (nSPS) is 10.1. The average Bonchev–Trinajstić information content (AvgIpc) is 2.54. The zero-order valence-electron chi connectivity index (χ0n) is 13.5. The van der Waals surface area contributed by atoms with Crippen LogP contribution < -0.4 is 22.5 Å². The minimum Gasteiger partial charge on any atom is -0.273 e. The highest BCUT2D eigenvalue weighted by atomic mass is 32.2. The second-order valence-corrected chi connectivity index (χ2v) is 6.66. The van der Waals surface area contributed by atoms with Crippen molar-refractivity contribution in [3.8, 4) is 0 Å². The van der Waals surface area contributed by atoms with E-state index in [4.69, 9.17) is 0 Å². The molecule has 2 rings (SSSR count). The van der Waals surface area contributed by atoms with Gasteiger partial charge in [0.1, 0.15) is 0 Å². The van der Waals surface area contributed by atoms with Crippen molar-refractivity contribution in [2.75, 3.05) is 11.5 Å². The van der Waals surface area contributed by atoms with Crippen molar-refractivity contribution in [3.05, 3.63) is 66.2 Å². The molecule has 0 unspecified atom stereocenters. The summed E-state index contributed by atoms with van der Waals surface area (Å²) >= 11 is 2.78. The first kappa shape index (κ1) is 20.1. The van der Waals surface area contributed by atoms with Crippen molar-refractivity contribution in [1.82, 2.24) is 17.9 Å². The standard InChI is InChI=1S/2C7H10N2O2S/c2*1-2-5-12-9-4-3-6(10)8-7(9)11/h2*3-4H,2,5H2,1H3,(H,8,10,11). The topological polar surface area (TPSA) is 110 Å². The van der Waals surface area contributed by atoms with Gasteiger partial charge in [-0.25, -0.2) is 17.5 Å². The highest BCUT2D eigenvalue weighted by molar-refractivity contribution is 7.97. The number of rotatable bonds is 6. The summed E-state index contributed by atoms with van der Waals surface area (Å²) in [5.41, 5.74) is -1.43. The lowest BCUT2D eigenvalue weighted by Gasteiger charge is -1.99. The van der Waals surface area contributed by atoms with Gasteiger partial charge in [0.15, 0.2) is 0 Å². The Morgan fingerprint density at radius 1 is 0.792 bits per heavy atom. The molecule has 24 heavy (non-hydrogen) atoms. The summed E-state index contributed by atoms with van der Waals surface area (Å²) in [5, 5.41) is 0. The fraction of sp³-hybridized carbons (Fsp3) is 0.429. The maximum absolute atomic E-state index is 11.0. The average molecular weight is 372 g/mol. The Kier molecular flexibility index (Phi) is 9.02. The molecule has 0 aliphatic carbocycles. The first-order chi connectivity index (χ1) is 11.5. The summed E-state index contributed by atoms with van der Waals surface area (Å²) in [5.74, 6) is 1.73. The number of hydrogen-bond donors (Lipinski definition) is 2. The molecule has 8 nitrogen and oxygen atoms in total. The van der Waals surface area contributed by atoms with Crippen LogP contribution in [0.2, 0.25) is 0 Å². The van der Waals surface area contributed by atoms with Crippen LogP contribution in [0.1, 0.15) is 26.7 Å². The van der Waals surface area contributed by atoms with Crippen LogP contribution in [0.3, 0.4) is 0 Å². The molecule has 0 bridgehead atoms. The van der Waals surface area contributed by atoms with E-state index in [0.717, 1.165) is 24.3 Å². The number of aromatic nitrogens is 4. The molecular formula is C14H20N4O4S2. The van der Waals surface area contributed by atoms with E-state index in [-0.39, 0.29) is 22.5 Å². The van der Waals surface area contributed by atoms with E-state index in [2.05, 4.69) is 9.97 Å². The summed E-state index contributed by atoms with van der Waals surface area (Å²) in [6.07, 6.45) is 4.97. The van der Waals surface area contributed by atoms with Gasteiger partial charge in [0.25, 0.3) is 11.1 Å². The molecule has 0 saturated heterocycles. The van der Waals surface area contributed by atoms with Gasteiger partial charge in [0, 0.05) is 36.0 Å². The third kappa shape index (κ3) is 7.09. The number of nitrogens with zero attached hydrogens (tertiary/aromatic N) is 2. The van der Waals surface area contributed by atoms with Gasteiger partial charge in [-0.2, -0.15) is 0 Å². The van der Waals surface area contributed by atoms with Gasteiger partial charge in [0.05, 0.1) is 0 Å². The third-order valence-electron chi connectivity index (χ3n) is 2.45. The quantitative estimate of drug-likeness (QED) is 0.779. The fourth-order valence-electron chi connectivity index (χ4n) is 1.39.